The second-order valence-corrected chi connectivity index (χ2v) is 4.15. The van der Waals surface area contributed by atoms with Gasteiger partial charge in [0.05, 0.1) is 17.4 Å². The van der Waals surface area contributed by atoms with Crippen LogP contribution in [0.25, 0.3) is 0 Å². The Hall–Kier alpha value is -1.76. The fourth-order valence-corrected chi connectivity index (χ4v) is 2.32. The molecule has 0 aliphatic carbocycles. The minimum atomic E-state index is 0.517. The van der Waals surface area contributed by atoms with E-state index in [1.165, 1.54) is 12.8 Å². The SMILES string of the molecule is CCC1CCCN1c1ncc(N)cc1C#N. The topological polar surface area (TPSA) is 65.9 Å². The molecule has 2 N–H and O–H groups in total. The van der Waals surface area contributed by atoms with Gasteiger partial charge in [0.15, 0.2) is 0 Å². The lowest BCUT2D eigenvalue weighted by Gasteiger charge is -2.25. The van der Waals surface area contributed by atoms with Gasteiger partial charge in [-0.15, -0.1) is 0 Å². The standard InChI is InChI=1S/C12H16N4/c1-2-11-4-3-5-16(11)12-9(7-13)6-10(14)8-15-12/h6,8,11H,2-5,14H2,1H3. The number of anilines is 2. The van der Waals surface area contributed by atoms with Gasteiger partial charge in [0.2, 0.25) is 0 Å². The van der Waals surface area contributed by atoms with Crippen molar-refractivity contribution in [2.75, 3.05) is 17.2 Å². The predicted molar refractivity (Wildman–Crippen MR) is 64.0 cm³/mol. The Balaban J connectivity index is 2.36. The summed E-state index contributed by atoms with van der Waals surface area (Å²) in [6.07, 6.45) is 5.08. The Morgan fingerprint density at radius 2 is 2.50 bits per heavy atom. The van der Waals surface area contributed by atoms with Crippen LogP contribution in [-0.2, 0) is 0 Å². The molecule has 0 saturated carbocycles. The van der Waals surface area contributed by atoms with Crippen molar-refractivity contribution in [1.29, 1.82) is 5.26 Å². The van der Waals surface area contributed by atoms with Crippen LogP contribution in [0.4, 0.5) is 11.5 Å². The minimum absolute atomic E-state index is 0.517. The summed E-state index contributed by atoms with van der Waals surface area (Å²) in [5, 5.41) is 9.09. The van der Waals surface area contributed by atoms with E-state index in [2.05, 4.69) is 22.9 Å². The molecule has 1 aliphatic heterocycles. The van der Waals surface area contributed by atoms with Crippen LogP contribution in [0, 0.1) is 11.3 Å². The zero-order valence-electron chi connectivity index (χ0n) is 9.48. The first-order chi connectivity index (χ1) is 7.76. The minimum Gasteiger partial charge on any atom is -0.397 e. The highest BCUT2D eigenvalue weighted by Crippen LogP contribution is 2.28. The number of nitrogen functional groups attached to an aromatic ring is 1. The summed E-state index contributed by atoms with van der Waals surface area (Å²) in [6.45, 7) is 3.16. The van der Waals surface area contributed by atoms with E-state index in [1.54, 1.807) is 12.3 Å². The number of nitriles is 1. The first-order valence-electron chi connectivity index (χ1n) is 5.68. The summed E-state index contributed by atoms with van der Waals surface area (Å²) in [6, 6.07) is 4.39. The van der Waals surface area contributed by atoms with Crippen molar-refractivity contribution in [2.24, 2.45) is 0 Å². The van der Waals surface area contributed by atoms with Crippen LogP contribution in [0.2, 0.25) is 0 Å². The number of nitrogens with zero attached hydrogens (tertiary/aromatic N) is 3. The molecule has 0 spiro atoms. The third kappa shape index (κ3) is 1.81. The van der Waals surface area contributed by atoms with Gasteiger partial charge in [-0.2, -0.15) is 5.26 Å². The number of rotatable bonds is 2. The predicted octanol–water partition coefficient (Wildman–Crippen LogP) is 1.91. The summed E-state index contributed by atoms with van der Waals surface area (Å²) >= 11 is 0. The molecule has 1 atom stereocenters. The van der Waals surface area contributed by atoms with Gasteiger partial charge in [-0.1, -0.05) is 6.92 Å². The monoisotopic (exact) mass is 216 g/mol. The molecule has 16 heavy (non-hydrogen) atoms. The van der Waals surface area contributed by atoms with Crippen molar-refractivity contribution in [3.63, 3.8) is 0 Å². The van der Waals surface area contributed by atoms with Crippen LogP contribution in [0.5, 0.6) is 0 Å². The van der Waals surface area contributed by atoms with Gasteiger partial charge in [0, 0.05) is 12.6 Å². The van der Waals surface area contributed by atoms with Crippen LogP contribution in [0.1, 0.15) is 31.7 Å². The molecule has 2 heterocycles. The van der Waals surface area contributed by atoms with Crippen LogP contribution in [-0.4, -0.2) is 17.6 Å². The van der Waals surface area contributed by atoms with Gasteiger partial charge in [0.1, 0.15) is 11.9 Å². The largest absolute Gasteiger partial charge is 0.397 e. The van der Waals surface area contributed by atoms with Crippen molar-refractivity contribution < 1.29 is 0 Å². The third-order valence-electron chi connectivity index (χ3n) is 3.13. The Kier molecular flexibility index (Phi) is 2.95. The second kappa shape index (κ2) is 4.40. The second-order valence-electron chi connectivity index (χ2n) is 4.15. The normalized spacial score (nSPS) is 19.8. The van der Waals surface area contributed by atoms with Gasteiger partial charge in [-0.3, -0.25) is 0 Å². The fourth-order valence-electron chi connectivity index (χ4n) is 2.32. The lowest BCUT2D eigenvalue weighted by molar-refractivity contribution is 0.640. The van der Waals surface area contributed by atoms with E-state index < -0.39 is 0 Å². The number of nitrogens with two attached hydrogens (primary N) is 1. The Morgan fingerprint density at radius 3 is 3.19 bits per heavy atom. The van der Waals surface area contributed by atoms with Crippen molar-refractivity contribution in [1.82, 2.24) is 4.98 Å². The summed E-state index contributed by atoms with van der Waals surface area (Å²) in [7, 11) is 0. The van der Waals surface area contributed by atoms with Crippen molar-refractivity contribution in [3.8, 4) is 6.07 Å². The fraction of sp³-hybridized carbons (Fsp3) is 0.500. The van der Waals surface area contributed by atoms with Gasteiger partial charge < -0.3 is 10.6 Å². The Labute approximate surface area is 95.7 Å². The molecule has 0 aromatic carbocycles. The maximum absolute atomic E-state index is 9.09. The summed E-state index contributed by atoms with van der Waals surface area (Å²) in [5.74, 6) is 0.793. The van der Waals surface area contributed by atoms with E-state index in [4.69, 9.17) is 11.0 Å². The molecule has 0 amide bonds. The first kappa shape index (κ1) is 10.7. The number of hydrogen-bond donors (Lipinski definition) is 1. The van der Waals surface area contributed by atoms with Gasteiger partial charge in [-0.05, 0) is 25.3 Å². The highest BCUT2D eigenvalue weighted by Gasteiger charge is 2.25. The van der Waals surface area contributed by atoms with Crippen molar-refractivity contribution in [3.05, 3.63) is 17.8 Å². The van der Waals surface area contributed by atoms with E-state index in [-0.39, 0.29) is 0 Å². The lowest BCUT2D eigenvalue weighted by Crippen LogP contribution is -2.30. The zero-order valence-corrected chi connectivity index (χ0v) is 9.48. The molecule has 4 heteroatoms. The molecule has 1 fully saturated rings. The van der Waals surface area contributed by atoms with E-state index >= 15 is 0 Å². The maximum Gasteiger partial charge on any atom is 0.146 e. The lowest BCUT2D eigenvalue weighted by atomic mass is 10.1. The molecular formula is C12H16N4. The number of pyridine rings is 1. The maximum atomic E-state index is 9.09. The molecule has 0 radical (unpaired) electrons. The van der Waals surface area contributed by atoms with Crippen LogP contribution < -0.4 is 10.6 Å². The zero-order chi connectivity index (χ0) is 11.5. The highest BCUT2D eigenvalue weighted by atomic mass is 15.2. The molecule has 1 aliphatic rings. The van der Waals surface area contributed by atoms with Gasteiger partial charge in [0.25, 0.3) is 0 Å². The summed E-state index contributed by atoms with van der Waals surface area (Å²) < 4.78 is 0. The van der Waals surface area contributed by atoms with Gasteiger partial charge >= 0.3 is 0 Å². The molecule has 0 bridgehead atoms. The molecule has 2 rings (SSSR count). The highest BCUT2D eigenvalue weighted by molar-refractivity contribution is 5.59. The Morgan fingerprint density at radius 1 is 1.69 bits per heavy atom. The molecule has 1 aromatic rings. The molecule has 1 saturated heterocycles. The van der Waals surface area contributed by atoms with Gasteiger partial charge in [-0.25, -0.2) is 4.98 Å². The van der Waals surface area contributed by atoms with Crippen molar-refractivity contribution in [2.45, 2.75) is 32.2 Å². The Bertz CT molecular complexity index is 422. The average Bonchev–Trinajstić information content (AvgIpc) is 2.76. The molecule has 84 valence electrons. The summed E-state index contributed by atoms with van der Waals surface area (Å²) in [4.78, 5) is 6.54. The van der Waals surface area contributed by atoms with E-state index in [0.29, 0.717) is 17.3 Å². The van der Waals surface area contributed by atoms with Crippen LogP contribution in [0.15, 0.2) is 12.3 Å². The summed E-state index contributed by atoms with van der Waals surface area (Å²) in [5.41, 5.74) is 6.77. The number of aromatic nitrogens is 1. The van der Waals surface area contributed by atoms with Crippen LogP contribution in [0.3, 0.4) is 0 Å². The molecule has 4 nitrogen and oxygen atoms in total. The molecule has 1 unspecified atom stereocenters. The van der Waals surface area contributed by atoms with Crippen molar-refractivity contribution >= 4 is 11.5 Å². The van der Waals surface area contributed by atoms with E-state index in [1.807, 2.05) is 0 Å². The molecular weight excluding hydrogens is 200 g/mol. The van der Waals surface area contributed by atoms with E-state index in [0.717, 1.165) is 18.8 Å². The first-order valence-corrected chi connectivity index (χ1v) is 5.68. The number of hydrogen-bond acceptors (Lipinski definition) is 4. The smallest absolute Gasteiger partial charge is 0.146 e. The van der Waals surface area contributed by atoms with E-state index in [9.17, 15) is 0 Å². The molecule has 1 aromatic heterocycles. The third-order valence-corrected chi connectivity index (χ3v) is 3.13. The quantitative estimate of drug-likeness (QED) is 0.820. The average molecular weight is 216 g/mol. The van der Waals surface area contributed by atoms with Crippen LogP contribution >= 0.6 is 0 Å².